The van der Waals surface area contributed by atoms with Gasteiger partial charge in [0.1, 0.15) is 0 Å². The van der Waals surface area contributed by atoms with Crippen molar-refractivity contribution in [3.8, 4) is 0 Å². The smallest absolute Gasteiger partial charge is 0.0623 e. The SMILES string of the molecule is CNC1COCC1CNC(C1CC1)C1CC1. The zero-order valence-electron chi connectivity index (χ0n) is 10.2. The molecule has 3 heteroatoms. The van der Waals surface area contributed by atoms with Crippen molar-refractivity contribution in [2.24, 2.45) is 17.8 Å². The first-order valence-electron chi connectivity index (χ1n) is 6.87. The van der Waals surface area contributed by atoms with Gasteiger partial charge in [0.05, 0.1) is 13.2 Å². The van der Waals surface area contributed by atoms with Crippen LogP contribution in [-0.4, -0.2) is 38.9 Å². The van der Waals surface area contributed by atoms with Gasteiger partial charge in [-0.25, -0.2) is 0 Å². The van der Waals surface area contributed by atoms with E-state index in [1.165, 1.54) is 25.7 Å². The van der Waals surface area contributed by atoms with E-state index < -0.39 is 0 Å². The van der Waals surface area contributed by atoms with Crippen molar-refractivity contribution in [1.82, 2.24) is 10.6 Å². The standard InChI is InChI=1S/C13H24N2O/c1-14-12-8-16-7-11(12)6-15-13(9-2-3-9)10-4-5-10/h9-15H,2-8H2,1H3. The predicted octanol–water partition coefficient (Wildman–Crippen LogP) is 0.999. The molecule has 92 valence electrons. The minimum atomic E-state index is 0.562. The van der Waals surface area contributed by atoms with Gasteiger partial charge in [-0.2, -0.15) is 0 Å². The van der Waals surface area contributed by atoms with E-state index in [1.807, 2.05) is 7.05 Å². The fourth-order valence-electron chi connectivity index (χ4n) is 3.04. The molecule has 16 heavy (non-hydrogen) atoms. The molecule has 2 atom stereocenters. The summed E-state index contributed by atoms with van der Waals surface area (Å²) < 4.78 is 5.54. The average Bonchev–Trinajstić information content (AvgIpc) is 3.19. The van der Waals surface area contributed by atoms with E-state index in [0.717, 1.165) is 37.6 Å². The highest BCUT2D eigenvalue weighted by Gasteiger charge is 2.41. The van der Waals surface area contributed by atoms with Gasteiger partial charge in [-0.05, 0) is 44.6 Å². The highest BCUT2D eigenvalue weighted by Crippen LogP contribution is 2.44. The summed E-state index contributed by atoms with van der Waals surface area (Å²) in [5.41, 5.74) is 0. The Balaban J connectivity index is 1.46. The second kappa shape index (κ2) is 4.63. The number of ether oxygens (including phenoxy) is 1. The summed E-state index contributed by atoms with van der Waals surface area (Å²) >= 11 is 0. The van der Waals surface area contributed by atoms with Crippen molar-refractivity contribution in [2.75, 3.05) is 26.8 Å². The van der Waals surface area contributed by atoms with Gasteiger partial charge in [-0.3, -0.25) is 0 Å². The van der Waals surface area contributed by atoms with E-state index in [1.54, 1.807) is 0 Å². The topological polar surface area (TPSA) is 33.3 Å². The Morgan fingerprint density at radius 3 is 2.38 bits per heavy atom. The Labute approximate surface area is 98.3 Å². The van der Waals surface area contributed by atoms with Gasteiger partial charge in [0.2, 0.25) is 0 Å². The molecular weight excluding hydrogens is 200 g/mol. The van der Waals surface area contributed by atoms with Crippen molar-refractivity contribution in [3.63, 3.8) is 0 Å². The Hall–Kier alpha value is -0.120. The molecule has 0 radical (unpaired) electrons. The molecule has 3 fully saturated rings. The number of nitrogens with one attached hydrogen (secondary N) is 2. The van der Waals surface area contributed by atoms with Crippen molar-refractivity contribution >= 4 is 0 Å². The maximum atomic E-state index is 5.54. The lowest BCUT2D eigenvalue weighted by molar-refractivity contribution is 0.181. The third kappa shape index (κ3) is 2.41. The highest BCUT2D eigenvalue weighted by molar-refractivity contribution is 4.97. The van der Waals surface area contributed by atoms with E-state index in [4.69, 9.17) is 4.74 Å². The molecule has 1 aliphatic heterocycles. The largest absolute Gasteiger partial charge is 0.379 e. The fourth-order valence-corrected chi connectivity index (χ4v) is 3.04. The molecule has 0 aromatic heterocycles. The maximum Gasteiger partial charge on any atom is 0.0623 e. The van der Waals surface area contributed by atoms with Crippen LogP contribution in [0.5, 0.6) is 0 Å². The molecule has 0 aromatic carbocycles. The van der Waals surface area contributed by atoms with Gasteiger partial charge in [-0.15, -0.1) is 0 Å². The summed E-state index contributed by atoms with van der Waals surface area (Å²) in [4.78, 5) is 0. The van der Waals surface area contributed by atoms with E-state index in [9.17, 15) is 0 Å². The third-order valence-electron chi connectivity index (χ3n) is 4.44. The molecule has 1 saturated heterocycles. The van der Waals surface area contributed by atoms with Gasteiger partial charge in [-0.1, -0.05) is 0 Å². The van der Waals surface area contributed by atoms with Crippen LogP contribution >= 0.6 is 0 Å². The first-order chi connectivity index (χ1) is 7.88. The molecule has 3 aliphatic rings. The van der Waals surface area contributed by atoms with Crippen LogP contribution in [0.15, 0.2) is 0 Å². The summed E-state index contributed by atoms with van der Waals surface area (Å²) in [7, 11) is 2.05. The highest BCUT2D eigenvalue weighted by atomic mass is 16.5. The molecule has 2 unspecified atom stereocenters. The van der Waals surface area contributed by atoms with Crippen LogP contribution in [0, 0.1) is 17.8 Å². The molecule has 3 nitrogen and oxygen atoms in total. The van der Waals surface area contributed by atoms with Crippen molar-refractivity contribution < 1.29 is 4.74 Å². The molecule has 1 heterocycles. The van der Waals surface area contributed by atoms with E-state index in [-0.39, 0.29) is 0 Å². The first kappa shape index (κ1) is 11.0. The molecule has 0 spiro atoms. The monoisotopic (exact) mass is 224 g/mol. The quantitative estimate of drug-likeness (QED) is 0.706. The Kier molecular flexibility index (Phi) is 3.18. The molecule has 0 bridgehead atoms. The van der Waals surface area contributed by atoms with Gasteiger partial charge in [0.15, 0.2) is 0 Å². The Morgan fingerprint density at radius 2 is 1.81 bits per heavy atom. The summed E-state index contributed by atoms with van der Waals surface area (Å²) in [6.07, 6.45) is 5.85. The summed E-state index contributed by atoms with van der Waals surface area (Å²) in [6, 6.07) is 1.39. The third-order valence-corrected chi connectivity index (χ3v) is 4.44. The van der Waals surface area contributed by atoms with E-state index in [0.29, 0.717) is 12.0 Å². The molecule has 2 aliphatic carbocycles. The van der Waals surface area contributed by atoms with E-state index >= 15 is 0 Å². The Morgan fingerprint density at radius 1 is 1.12 bits per heavy atom. The lowest BCUT2D eigenvalue weighted by Gasteiger charge is -2.23. The van der Waals surface area contributed by atoms with E-state index in [2.05, 4.69) is 10.6 Å². The van der Waals surface area contributed by atoms with Gasteiger partial charge in [0, 0.05) is 24.5 Å². The maximum absolute atomic E-state index is 5.54. The number of likely N-dealkylation sites (N-methyl/N-ethyl adjacent to an activating group) is 1. The van der Waals surface area contributed by atoms with Crippen molar-refractivity contribution in [1.29, 1.82) is 0 Å². The minimum absolute atomic E-state index is 0.562. The van der Waals surface area contributed by atoms with Crippen LogP contribution in [-0.2, 0) is 4.74 Å². The normalized spacial score (nSPS) is 34.9. The van der Waals surface area contributed by atoms with Crippen LogP contribution < -0.4 is 10.6 Å². The molecule has 0 amide bonds. The Bertz CT molecular complexity index is 226. The molecule has 3 rings (SSSR count). The summed E-state index contributed by atoms with van der Waals surface area (Å²) in [5, 5.41) is 7.19. The zero-order chi connectivity index (χ0) is 11.0. The van der Waals surface area contributed by atoms with Crippen LogP contribution in [0.3, 0.4) is 0 Å². The van der Waals surface area contributed by atoms with Crippen molar-refractivity contribution in [2.45, 2.75) is 37.8 Å². The number of hydrogen-bond donors (Lipinski definition) is 2. The zero-order valence-corrected chi connectivity index (χ0v) is 10.2. The van der Waals surface area contributed by atoms with Gasteiger partial charge < -0.3 is 15.4 Å². The molecular formula is C13H24N2O. The fraction of sp³-hybridized carbons (Fsp3) is 1.00. The van der Waals surface area contributed by atoms with Gasteiger partial charge in [0.25, 0.3) is 0 Å². The number of hydrogen-bond acceptors (Lipinski definition) is 3. The predicted molar refractivity (Wildman–Crippen MR) is 64.4 cm³/mol. The second-order valence-corrected chi connectivity index (χ2v) is 5.80. The molecule has 2 saturated carbocycles. The van der Waals surface area contributed by atoms with Crippen LogP contribution in [0.2, 0.25) is 0 Å². The van der Waals surface area contributed by atoms with Crippen LogP contribution in [0.4, 0.5) is 0 Å². The van der Waals surface area contributed by atoms with Crippen LogP contribution in [0.1, 0.15) is 25.7 Å². The lowest BCUT2D eigenvalue weighted by Crippen LogP contribution is -2.43. The molecule has 2 N–H and O–H groups in total. The molecule has 0 aromatic rings. The van der Waals surface area contributed by atoms with Gasteiger partial charge >= 0.3 is 0 Å². The second-order valence-electron chi connectivity index (χ2n) is 5.80. The average molecular weight is 224 g/mol. The minimum Gasteiger partial charge on any atom is -0.379 e. The first-order valence-corrected chi connectivity index (χ1v) is 6.87. The van der Waals surface area contributed by atoms with Crippen LogP contribution in [0.25, 0.3) is 0 Å². The summed E-state index contributed by atoms with van der Waals surface area (Å²) in [6.45, 7) is 2.96. The number of rotatable bonds is 6. The van der Waals surface area contributed by atoms with Crippen molar-refractivity contribution in [3.05, 3.63) is 0 Å². The summed E-state index contributed by atoms with van der Waals surface area (Å²) in [5.74, 6) is 2.68. The lowest BCUT2D eigenvalue weighted by atomic mass is 10.0.